The van der Waals surface area contributed by atoms with Gasteiger partial charge in [-0.2, -0.15) is 0 Å². The van der Waals surface area contributed by atoms with E-state index in [2.05, 4.69) is 30.3 Å². The molecule has 0 radical (unpaired) electrons. The van der Waals surface area contributed by atoms with Crippen LogP contribution in [0.5, 0.6) is 23.0 Å². The highest BCUT2D eigenvalue weighted by Gasteiger charge is 2.20. The fraction of sp³-hybridized carbons (Fsp3) is 0.143. The predicted molar refractivity (Wildman–Crippen MR) is 97.3 cm³/mol. The second-order valence-corrected chi connectivity index (χ2v) is 7.10. The van der Waals surface area contributed by atoms with E-state index >= 15 is 0 Å². The maximum atomic E-state index is 6.08. The van der Waals surface area contributed by atoms with Crippen LogP contribution in [0.1, 0.15) is 11.1 Å². The van der Waals surface area contributed by atoms with E-state index in [0.717, 1.165) is 34.3 Å². The first-order valence-electron chi connectivity index (χ1n) is 8.32. The zero-order chi connectivity index (χ0) is 16.6. The van der Waals surface area contributed by atoms with Gasteiger partial charge in [-0.25, -0.2) is 0 Å². The Balaban J connectivity index is 1.48. The zero-order valence-electron chi connectivity index (χ0n) is 13.5. The van der Waals surface area contributed by atoms with Gasteiger partial charge in [0, 0.05) is 0 Å². The van der Waals surface area contributed by atoms with Crippen molar-refractivity contribution in [3.8, 4) is 23.0 Å². The Morgan fingerprint density at radius 2 is 1.60 bits per heavy atom. The SMILES string of the molecule is c1ccc2c(c1)Oc1cccc(Cc3ccc4c(c3)OCCO4)c1S2. The van der Waals surface area contributed by atoms with Crippen LogP contribution < -0.4 is 14.2 Å². The molecule has 0 saturated carbocycles. The molecule has 5 rings (SSSR count). The third-order valence-electron chi connectivity index (χ3n) is 4.34. The molecule has 0 bridgehead atoms. The third-order valence-corrected chi connectivity index (χ3v) is 5.57. The summed E-state index contributed by atoms with van der Waals surface area (Å²) in [5.41, 5.74) is 2.46. The van der Waals surface area contributed by atoms with Crippen molar-refractivity contribution >= 4 is 11.8 Å². The highest BCUT2D eigenvalue weighted by molar-refractivity contribution is 7.99. The van der Waals surface area contributed by atoms with Crippen molar-refractivity contribution in [2.45, 2.75) is 16.2 Å². The molecular formula is C21H16O3S. The molecule has 3 nitrogen and oxygen atoms in total. The lowest BCUT2D eigenvalue weighted by Gasteiger charge is -2.22. The Bertz CT molecular complexity index is 952. The molecule has 2 aliphatic rings. The molecule has 3 aromatic rings. The number of ether oxygens (including phenoxy) is 3. The van der Waals surface area contributed by atoms with Gasteiger partial charge in [-0.3, -0.25) is 0 Å². The summed E-state index contributed by atoms with van der Waals surface area (Å²) in [6.45, 7) is 1.23. The number of rotatable bonds is 2. The Labute approximate surface area is 150 Å². The largest absolute Gasteiger partial charge is 0.486 e. The fourth-order valence-electron chi connectivity index (χ4n) is 3.16. The Kier molecular flexibility index (Phi) is 3.56. The average molecular weight is 348 g/mol. The van der Waals surface area contributed by atoms with Crippen molar-refractivity contribution in [1.82, 2.24) is 0 Å². The molecule has 2 aliphatic heterocycles. The maximum absolute atomic E-state index is 6.08. The molecule has 4 heteroatoms. The molecule has 0 atom stereocenters. The number of hydrogen-bond acceptors (Lipinski definition) is 4. The Morgan fingerprint density at radius 1 is 0.760 bits per heavy atom. The zero-order valence-corrected chi connectivity index (χ0v) is 14.3. The van der Waals surface area contributed by atoms with Gasteiger partial charge in [0.1, 0.15) is 24.7 Å². The van der Waals surface area contributed by atoms with Crippen molar-refractivity contribution in [3.05, 3.63) is 71.8 Å². The number of benzene rings is 3. The van der Waals surface area contributed by atoms with Crippen molar-refractivity contribution in [3.63, 3.8) is 0 Å². The van der Waals surface area contributed by atoms with Crippen LogP contribution >= 0.6 is 11.8 Å². The van der Waals surface area contributed by atoms with Crippen molar-refractivity contribution in [2.75, 3.05) is 13.2 Å². The van der Waals surface area contributed by atoms with Crippen LogP contribution in [0, 0.1) is 0 Å². The van der Waals surface area contributed by atoms with E-state index in [-0.39, 0.29) is 0 Å². The van der Waals surface area contributed by atoms with E-state index in [0.29, 0.717) is 13.2 Å². The summed E-state index contributed by atoms with van der Waals surface area (Å²) in [7, 11) is 0. The molecule has 0 unspecified atom stereocenters. The standard InChI is InChI=1S/C21H16O3S/c1-2-7-20-17(5-1)24-18-6-3-4-15(21(18)25-20)12-14-8-9-16-19(13-14)23-11-10-22-16/h1-9,13H,10-12H2. The van der Waals surface area contributed by atoms with Crippen LogP contribution in [0.2, 0.25) is 0 Å². The molecule has 0 aliphatic carbocycles. The summed E-state index contributed by atoms with van der Waals surface area (Å²) < 4.78 is 17.4. The minimum atomic E-state index is 0.609. The maximum Gasteiger partial charge on any atom is 0.161 e. The van der Waals surface area contributed by atoms with E-state index in [1.54, 1.807) is 11.8 Å². The molecule has 0 saturated heterocycles. The van der Waals surface area contributed by atoms with Crippen molar-refractivity contribution in [2.24, 2.45) is 0 Å². The van der Waals surface area contributed by atoms with Gasteiger partial charge < -0.3 is 14.2 Å². The number of para-hydroxylation sites is 1. The summed E-state index contributed by atoms with van der Waals surface area (Å²) in [6.07, 6.45) is 0.832. The Morgan fingerprint density at radius 3 is 2.56 bits per heavy atom. The number of fused-ring (bicyclic) bond motifs is 3. The van der Waals surface area contributed by atoms with Gasteiger partial charge >= 0.3 is 0 Å². The molecule has 0 N–H and O–H groups in total. The second kappa shape index (κ2) is 6.05. The molecule has 0 aromatic heterocycles. The van der Waals surface area contributed by atoms with E-state index in [1.807, 2.05) is 30.3 Å². The van der Waals surface area contributed by atoms with Gasteiger partial charge in [0.05, 0.1) is 9.79 Å². The van der Waals surface area contributed by atoms with Crippen LogP contribution in [0.15, 0.2) is 70.5 Å². The summed E-state index contributed by atoms with van der Waals surface area (Å²) in [4.78, 5) is 2.35. The van der Waals surface area contributed by atoms with Crippen LogP contribution in [0.4, 0.5) is 0 Å². The lowest BCUT2D eigenvalue weighted by atomic mass is 10.0. The smallest absolute Gasteiger partial charge is 0.161 e. The van der Waals surface area contributed by atoms with Crippen LogP contribution in [-0.2, 0) is 6.42 Å². The quantitative estimate of drug-likeness (QED) is 0.491. The van der Waals surface area contributed by atoms with E-state index in [9.17, 15) is 0 Å². The van der Waals surface area contributed by atoms with Gasteiger partial charge in [0.2, 0.25) is 0 Å². The first-order chi connectivity index (χ1) is 12.4. The van der Waals surface area contributed by atoms with Crippen LogP contribution in [0.3, 0.4) is 0 Å². The molecule has 3 aromatic carbocycles. The highest BCUT2D eigenvalue weighted by Crippen LogP contribution is 2.48. The summed E-state index contributed by atoms with van der Waals surface area (Å²) in [5, 5.41) is 0. The van der Waals surface area contributed by atoms with Gasteiger partial charge in [-0.1, -0.05) is 42.1 Å². The topological polar surface area (TPSA) is 27.7 Å². The minimum absolute atomic E-state index is 0.609. The molecular weight excluding hydrogens is 332 g/mol. The number of hydrogen-bond donors (Lipinski definition) is 0. The minimum Gasteiger partial charge on any atom is -0.486 e. The molecule has 25 heavy (non-hydrogen) atoms. The molecule has 2 heterocycles. The highest BCUT2D eigenvalue weighted by atomic mass is 32.2. The van der Waals surface area contributed by atoms with Gasteiger partial charge in [0.25, 0.3) is 0 Å². The molecule has 124 valence electrons. The van der Waals surface area contributed by atoms with Crippen molar-refractivity contribution in [1.29, 1.82) is 0 Å². The monoisotopic (exact) mass is 348 g/mol. The summed E-state index contributed by atoms with van der Waals surface area (Å²) in [5.74, 6) is 3.52. The van der Waals surface area contributed by atoms with E-state index < -0.39 is 0 Å². The van der Waals surface area contributed by atoms with Gasteiger partial charge in [-0.05, 0) is 47.9 Å². The third kappa shape index (κ3) is 2.72. The summed E-state index contributed by atoms with van der Waals surface area (Å²) >= 11 is 1.78. The van der Waals surface area contributed by atoms with Gasteiger partial charge in [-0.15, -0.1) is 0 Å². The fourth-order valence-corrected chi connectivity index (χ4v) is 4.22. The van der Waals surface area contributed by atoms with Crippen molar-refractivity contribution < 1.29 is 14.2 Å². The lowest BCUT2D eigenvalue weighted by Crippen LogP contribution is -2.15. The first-order valence-corrected chi connectivity index (χ1v) is 9.14. The predicted octanol–water partition coefficient (Wildman–Crippen LogP) is 5.31. The Hall–Kier alpha value is -2.59. The molecule has 0 amide bonds. The van der Waals surface area contributed by atoms with Crippen LogP contribution in [0.25, 0.3) is 0 Å². The van der Waals surface area contributed by atoms with Crippen LogP contribution in [-0.4, -0.2) is 13.2 Å². The van der Waals surface area contributed by atoms with E-state index in [1.165, 1.54) is 16.0 Å². The second-order valence-electron chi connectivity index (χ2n) is 6.05. The average Bonchev–Trinajstić information content (AvgIpc) is 2.67. The normalized spacial score (nSPS) is 14.2. The lowest BCUT2D eigenvalue weighted by molar-refractivity contribution is 0.171. The summed E-state index contributed by atoms with van der Waals surface area (Å²) in [6, 6.07) is 20.6. The molecule has 0 fully saturated rings. The van der Waals surface area contributed by atoms with Gasteiger partial charge in [0.15, 0.2) is 11.5 Å². The molecule has 0 spiro atoms. The first kappa shape index (κ1) is 14.7. The van der Waals surface area contributed by atoms with E-state index in [4.69, 9.17) is 14.2 Å².